The molecule has 3 aromatic rings. The molecule has 31 heavy (non-hydrogen) atoms. The van der Waals surface area contributed by atoms with Gasteiger partial charge in [0.15, 0.2) is 0 Å². The topological polar surface area (TPSA) is 58.6 Å². The van der Waals surface area contributed by atoms with Crippen LogP contribution in [0.1, 0.15) is 41.8 Å². The Labute approximate surface area is 183 Å². The number of amides is 2. The minimum absolute atomic E-state index is 0.0127. The van der Waals surface area contributed by atoms with Crippen molar-refractivity contribution in [2.45, 2.75) is 25.9 Å². The first-order valence-electron chi connectivity index (χ1n) is 10.8. The molecule has 1 N–H and O–H groups in total. The van der Waals surface area contributed by atoms with Crippen molar-refractivity contribution in [3.05, 3.63) is 71.8 Å². The second-order valence-electron chi connectivity index (χ2n) is 7.95. The van der Waals surface area contributed by atoms with Crippen LogP contribution in [-0.2, 0) is 9.53 Å². The predicted molar refractivity (Wildman–Crippen MR) is 123 cm³/mol. The largest absolute Gasteiger partial charge is 0.377 e. The summed E-state index contributed by atoms with van der Waals surface area (Å²) in [5.74, 6) is 0.0604. The number of hydrogen-bond acceptors (Lipinski definition) is 3. The van der Waals surface area contributed by atoms with Crippen LogP contribution >= 0.6 is 0 Å². The van der Waals surface area contributed by atoms with E-state index < -0.39 is 0 Å². The van der Waals surface area contributed by atoms with E-state index in [1.807, 2.05) is 48.2 Å². The van der Waals surface area contributed by atoms with E-state index in [0.717, 1.165) is 40.4 Å². The van der Waals surface area contributed by atoms with E-state index in [2.05, 4.69) is 29.6 Å². The normalized spacial score (nSPS) is 14.8. The van der Waals surface area contributed by atoms with Crippen LogP contribution in [0, 0.1) is 0 Å². The van der Waals surface area contributed by atoms with E-state index in [1.54, 1.807) is 7.11 Å². The number of benzene rings is 3. The Balaban J connectivity index is 1.60. The van der Waals surface area contributed by atoms with Crippen LogP contribution in [0.15, 0.2) is 60.7 Å². The summed E-state index contributed by atoms with van der Waals surface area (Å²) in [5, 5.41) is 4.93. The quantitative estimate of drug-likeness (QED) is 0.614. The number of carbonyl (C=O) groups is 2. The van der Waals surface area contributed by atoms with Gasteiger partial charge in [0.05, 0.1) is 6.10 Å². The van der Waals surface area contributed by atoms with Gasteiger partial charge in [-0.05, 0) is 52.9 Å². The molecular weight excluding hydrogens is 388 g/mol. The van der Waals surface area contributed by atoms with E-state index in [-0.39, 0.29) is 17.9 Å². The molecule has 0 spiro atoms. The summed E-state index contributed by atoms with van der Waals surface area (Å²) < 4.78 is 5.47. The summed E-state index contributed by atoms with van der Waals surface area (Å²) in [6, 6.07) is 20.2. The van der Waals surface area contributed by atoms with Gasteiger partial charge in [-0.1, -0.05) is 48.5 Å². The first kappa shape index (κ1) is 21.1. The van der Waals surface area contributed by atoms with Gasteiger partial charge in [0.25, 0.3) is 5.91 Å². The van der Waals surface area contributed by atoms with Crippen molar-refractivity contribution in [1.29, 1.82) is 0 Å². The van der Waals surface area contributed by atoms with Crippen molar-refractivity contribution in [3.63, 3.8) is 0 Å². The molecule has 1 saturated heterocycles. The zero-order valence-corrected chi connectivity index (χ0v) is 18.1. The molecular formula is C26H28N2O3. The number of rotatable bonds is 7. The maximum atomic E-state index is 12.9. The van der Waals surface area contributed by atoms with Gasteiger partial charge in [-0.2, -0.15) is 0 Å². The molecule has 0 radical (unpaired) electrons. The van der Waals surface area contributed by atoms with Crippen molar-refractivity contribution < 1.29 is 14.3 Å². The summed E-state index contributed by atoms with van der Waals surface area (Å²) >= 11 is 0. The van der Waals surface area contributed by atoms with Gasteiger partial charge < -0.3 is 15.0 Å². The second kappa shape index (κ2) is 9.31. The number of nitrogens with zero attached hydrogens (tertiary/aromatic N) is 1. The van der Waals surface area contributed by atoms with Crippen LogP contribution in [0.2, 0.25) is 0 Å². The molecule has 5 nitrogen and oxygen atoms in total. The molecule has 0 bridgehead atoms. The van der Waals surface area contributed by atoms with Crippen LogP contribution < -0.4 is 5.32 Å². The van der Waals surface area contributed by atoms with Crippen LogP contribution in [0.4, 0.5) is 0 Å². The maximum absolute atomic E-state index is 12.9. The molecule has 1 atom stereocenters. The Bertz CT molecular complexity index is 1110. The van der Waals surface area contributed by atoms with Gasteiger partial charge in [-0.25, -0.2) is 0 Å². The fraction of sp³-hybridized carbons (Fsp3) is 0.308. The highest BCUT2D eigenvalue weighted by Gasteiger charge is 2.20. The predicted octanol–water partition coefficient (Wildman–Crippen LogP) is 4.57. The molecule has 5 heteroatoms. The minimum Gasteiger partial charge on any atom is -0.377 e. The zero-order valence-electron chi connectivity index (χ0n) is 18.1. The third-order valence-corrected chi connectivity index (χ3v) is 6.03. The Morgan fingerprint density at radius 2 is 1.90 bits per heavy atom. The Hall–Kier alpha value is -3.18. The van der Waals surface area contributed by atoms with Gasteiger partial charge in [-0.15, -0.1) is 0 Å². The SMILES string of the molecule is COC(C)c1cccc(-c2ccc(C(=O)NCCN3CCCC3=O)c3ccccc23)c1. The molecule has 0 aliphatic carbocycles. The maximum Gasteiger partial charge on any atom is 0.251 e. The van der Waals surface area contributed by atoms with Crippen molar-refractivity contribution in [2.24, 2.45) is 0 Å². The lowest BCUT2D eigenvalue weighted by Crippen LogP contribution is -2.35. The van der Waals surface area contributed by atoms with Crippen LogP contribution in [0.3, 0.4) is 0 Å². The van der Waals surface area contributed by atoms with Crippen molar-refractivity contribution in [1.82, 2.24) is 10.2 Å². The number of nitrogens with one attached hydrogen (secondary N) is 1. The monoisotopic (exact) mass is 416 g/mol. The van der Waals surface area contributed by atoms with E-state index >= 15 is 0 Å². The molecule has 0 saturated carbocycles. The highest BCUT2D eigenvalue weighted by molar-refractivity contribution is 6.11. The standard InChI is InChI=1S/C26H28N2O3/c1-18(31-2)19-7-5-8-20(17-19)21-12-13-24(23-10-4-3-9-22(21)23)26(30)27-14-16-28-15-6-11-25(28)29/h3-5,7-10,12-13,17-18H,6,11,14-16H2,1-2H3,(H,27,30). The number of methoxy groups -OCH3 is 1. The average molecular weight is 417 g/mol. The zero-order chi connectivity index (χ0) is 21.8. The lowest BCUT2D eigenvalue weighted by atomic mass is 9.93. The number of carbonyl (C=O) groups excluding carboxylic acids is 2. The summed E-state index contributed by atoms with van der Waals surface area (Å²) in [5.41, 5.74) is 3.94. The lowest BCUT2D eigenvalue weighted by molar-refractivity contribution is -0.127. The molecule has 1 heterocycles. The Morgan fingerprint density at radius 1 is 1.10 bits per heavy atom. The number of hydrogen-bond donors (Lipinski definition) is 1. The lowest BCUT2D eigenvalue weighted by Gasteiger charge is -2.17. The Kier molecular flexibility index (Phi) is 6.33. The van der Waals surface area contributed by atoms with Crippen LogP contribution in [0.25, 0.3) is 21.9 Å². The third kappa shape index (κ3) is 4.47. The first-order valence-corrected chi connectivity index (χ1v) is 10.8. The summed E-state index contributed by atoms with van der Waals surface area (Å²) in [4.78, 5) is 26.5. The average Bonchev–Trinajstić information content (AvgIpc) is 3.22. The molecule has 0 aromatic heterocycles. The van der Waals surface area contributed by atoms with E-state index in [0.29, 0.717) is 25.1 Å². The fourth-order valence-electron chi connectivity index (χ4n) is 4.18. The van der Waals surface area contributed by atoms with Crippen LogP contribution in [-0.4, -0.2) is 43.5 Å². The van der Waals surface area contributed by atoms with Crippen molar-refractivity contribution in [2.75, 3.05) is 26.7 Å². The van der Waals surface area contributed by atoms with E-state index in [9.17, 15) is 9.59 Å². The van der Waals surface area contributed by atoms with E-state index in [4.69, 9.17) is 4.74 Å². The summed E-state index contributed by atoms with van der Waals surface area (Å²) in [6.07, 6.45) is 1.53. The third-order valence-electron chi connectivity index (χ3n) is 6.03. The highest BCUT2D eigenvalue weighted by Crippen LogP contribution is 2.32. The van der Waals surface area contributed by atoms with Gasteiger partial charge in [0, 0.05) is 38.7 Å². The molecule has 2 amide bonds. The number of ether oxygens (including phenoxy) is 1. The Morgan fingerprint density at radius 3 is 2.65 bits per heavy atom. The van der Waals surface area contributed by atoms with Gasteiger partial charge in [0.2, 0.25) is 5.91 Å². The fourth-order valence-corrected chi connectivity index (χ4v) is 4.18. The number of likely N-dealkylation sites (tertiary alicyclic amines) is 1. The highest BCUT2D eigenvalue weighted by atomic mass is 16.5. The van der Waals surface area contributed by atoms with Crippen molar-refractivity contribution in [3.8, 4) is 11.1 Å². The minimum atomic E-state index is -0.115. The van der Waals surface area contributed by atoms with Gasteiger partial charge in [-0.3, -0.25) is 9.59 Å². The molecule has 1 unspecified atom stereocenters. The van der Waals surface area contributed by atoms with E-state index in [1.165, 1.54) is 0 Å². The van der Waals surface area contributed by atoms with Gasteiger partial charge >= 0.3 is 0 Å². The first-order chi connectivity index (χ1) is 15.1. The van der Waals surface area contributed by atoms with Crippen LogP contribution in [0.5, 0.6) is 0 Å². The summed E-state index contributed by atoms with van der Waals surface area (Å²) in [7, 11) is 1.71. The molecule has 1 aliphatic heterocycles. The van der Waals surface area contributed by atoms with Gasteiger partial charge in [0.1, 0.15) is 0 Å². The summed E-state index contributed by atoms with van der Waals surface area (Å²) in [6.45, 7) is 3.83. The van der Waals surface area contributed by atoms with Crippen molar-refractivity contribution >= 4 is 22.6 Å². The second-order valence-corrected chi connectivity index (χ2v) is 7.95. The molecule has 3 aromatic carbocycles. The smallest absolute Gasteiger partial charge is 0.251 e. The number of fused-ring (bicyclic) bond motifs is 1. The molecule has 4 rings (SSSR count). The molecule has 1 aliphatic rings. The molecule has 1 fully saturated rings. The molecule has 160 valence electrons.